The summed E-state index contributed by atoms with van der Waals surface area (Å²) in [5.41, 5.74) is 2.30. The maximum Gasteiger partial charge on any atom is 0.194 e. The first-order valence-corrected chi connectivity index (χ1v) is 10.6. The van der Waals surface area contributed by atoms with Crippen LogP contribution >= 0.6 is 35.6 Å². The molecule has 164 valence electrons. The monoisotopic (exact) mass is 536 g/mol. The number of ether oxygens (including phenoxy) is 2. The summed E-state index contributed by atoms with van der Waals surface area (Å²) in [4.78, 5) is 9.71. The fourth-order valence-corrected chi connectivity index (χ4v) is 4.06. The Kier molecular flexibility index (Phi) is 9.78. The van der Waals surface area contributed by atoms with Crippen LogP contribution in [0.2, 0.25) is 5.02 Å². The van der Waals surface area contributed by atoms with Crippen LogP contribution in [0.25, 0.3) is 0 Å². The lowest BCUT2D eigenvalue weighted by molar-refractivity contribution is -0.0829. The minimum Gasteiger partial charge on any atom is -0.381 e. The van der Waals surface area contributed by atoms with Gasteiger partial charge in [-0.1, -0.05) is 17.7 Å². The molecule has 1 aromatic carbocycles. The van der Waals surface area contributed by atoms with Crippen molar-refractivity contribution in [1.29, 1.82) is 0 Å². The van der Waals surface area contributed by atoms with Crippen LogP contribution in [0.5, 0.6) is 0 Å². The molecule has 6 nitrogen and oxygen atoms in total. The number of aryl methyl sites for hydroxylation is 1. The number of hydrogen-bond donors (Lipinski definition) is 1. The van der Waals surface area contributed by atoms with Crippen LogP contribution in [0.4, 0.5) is 5.69 Å². The van der Waals surface area contributed by atoms with E-state index in [9.17, 15) is 0 Å². The van der Waals surface area contributed by atoms with E-state index in [-0.39, 0.29) is 29.6 Å². The van der Waals surface area contributed by atoms with Crippen molar-refractivity contribution in [2.45, 2.75) is 32.3 Å². The fraction of sp³-hybridized carbons (Fsp3) is 0.667. The molecule has 0 aliphatic carbocycles. The Labute approximate surface area is 197 Å². The normalized spacial score (nSPS) is 19.7. The van der Waals surface area contributed by atoms with Gasteiger partial charge in [-0.05, 0) is 31.5 Å². The number of anilines is 1. The van der Waals surface area contributed by atoms with Crippen molar-refractivity contribution in [2.24, 2.45) is 4.99 Å². The third-order valence-corrected chi connectivity index (χ3v) is 6.02. The molecule has 8 heteroatoms. The van der Waals surface area contributed by atoms with Crippen molar-refractivity contribution in [3.05, 3.63) is 28.8 Å². The van der Waals surface area contributed by atoms with Gasteiger partial charge >= 0.3 is 0 Å². The van der Waals surface area contributed by atoms with Crippen molar-refractivity contribution >= 4 is 47.2 Å². The topological polar surface area (TPSA) is 49.3 Å². The average Bonchev–Trinajstić information content (AvgIpc) is 2.74. The highest BCUT2D eigenvalue weighted by Crippen LogP contribution is 2.26. The molecule has 2 aliphatic rings. The van der Waals surface area contributed by atoms with Crippen LogP contribution in [0.15, 0.2) is 23.2 Å². The Morgan fingerprint density at radius 3 is 2.55 bits per heavy atom. The number of guanidine groups is 1. The van der Waals surface area contributed by atoms with Gasteiger partial charge in [0.25, 0.3) is 0 Å². The molecule has 0 spiro atoms. The molecule has 0 radical (unpaired) electrons. The van der Waals surface area contributed by atoms with E-state index in [2.05, 4.69) is 41.1 Å². The Balaban J connectivity index is 0.00000300. The summed E-state index contributed by atoms with van der Waals surface area (Å²) < 4.78 is 11.3. The summed E-state index contributed by atoms with van der Waals surface area (Å²) in [6, 6.07) is 6.11. The van der Waals surface area contributed by atoms with Crippen LogP contribution in [-0.2, 0) is 9.47 Å². The Morgan fingerprint density at radius 1 is 1.24 bits per heavy atom. The van der Waals surface area contributed by atoms with E-state index in [0.29, 0.717) is 6.54 Å². The summed E-state index contributed by atoms with van der Waals surface area (Å²) >= 11 is 6.21. The SMILES string of the molecule is CCNC(=NCC1(OC)CCOCC1)N1CCN(c2cc(Cl)ccc2C)CC1.I. The predicted molar refractivity (Wildman–Crippen MR) is 131 cm³/mol. The van der Waals surface area contributed by atoms with Crippen molar-refractivity contribution in [3.63, 3.8) is 0 Å². The summed E-state index contributed by atoms with van der Waals surface area (Å²) in [6.07, 6.45) is 1.79. The second-order valence-electron chi connectivity index (χ2n) is 7.57. The van der Waals surface area contributed by atoms with Gasteiger partial charge < -0.3 is 24.6 Å². The van der Waals surface area contributed by atoms with Crippen LogP contribution < -0.4 is 10.2 Å². The second kappa shape index (κ2) is 11.6. The summed E-state index contributed by atoms with van der Waals surface area (Å²) in [5.74, 6) is 0.980. The van der Waals surface area contributed by atoms with Crippen LogP contribution in [0, 0.1) is 6.92 Å². The number of nitrogens with one attached hydrogen (secondary N) is 1. The van der Waals surface area contributed by atoms with E-state index in [1.54, 1.807) is 7.11 Å². The van der Waals surface area contributed by atoms with Gasteiger partial charge in [0.15, 0.2) is 5.96 Å². The maximum atomic E-state index is 6.21. The average molecular weight is 537 g/mol. The maximum absolute atomic E-state index is 6.21. The summed E-state index contributed by atoms with van der Waals surface area (Å²) in [5, 5.41) is 4.25. The molecule has 0 saturated carbocycles. The van der Waals surface area contributed by atoms with Crippen molar-refractivity contribution in [3.8, 4) is 0 Å². The number of methoxy groups -OCH3 is 1. The Bertz CT molecular complexity index is 675. The van der Waals surface area contributed by atoms with E-state index < -0.39 is 0 Å². The highest BCUT2D eigenvalue weighted by atomic mass is 127. The van der Waals surface area contributed by atoms with Gasteiger partial charge in [-0.2, -0.15) is 0 Å². The van der Waals surface area contributed by atoms with Gasteiger partial charge in [0, 0.05) is 76.6 Å². The van der Waals surface area contributed by atoms with E-state index in [4.69, 9.17) is 26.1 Å². The zero-order chi connectivity index (χ0) is 20.0. The van der Waals surface area contributed by atoms with Crippen molar-refractivity contribution in [2.75, 3.05) is 64.5 Å². The standard InChI is InChI=1S/C21H33ClN4O2.HI/c1-4-23-20(24-16-21(27-3)7-13-28-14-8-21)26-11-9-25(10-12-26)19-15-18(22)6-5-17(19)2;/h5-6,15H,4,7-14,16H2,1-3H3,(H,23,24);1H. The summed E-state index contributed by atoms with van der Waals surface area (Å²) in [6.45, 7) is 11.0. The van der Waals surface area contributed by atoms with E-state index in [1.807, 2.05) is 6.07 Å². The van der Waals surface area contributed by atoms with Crippen molar-refractivity contribution in [1.82, 2.24) is 10.2 Å². The summed E-state index contributed by atoms with van der Waals surface area (Å²) in [7, 11) is 1.79. The number of nitrogens with zero attached hydrogens (tertiary/aromatic N) is 3. The van der Waals surface area contributed by atoms with Gasteiger partial charge in [0.2, 0.25) is 0 Å². The highest BCUT2D eigenvalue weighted by Gasteiger charge is 2.33. The lowest BCUT2D eigenvalue weighted by Gasteiger charge is -2.39. The molecule has 0 amide bonds. The Morgan fingerprint density at radius 2 is 1.93 bits per heavy atom. The number of aliphatic imine (C=N–C) groups is 1. The lowest BCUT2D eigenvalue weighted by Crippen LogP contribution is -2.53. The third kappa shape index (κ3) is 6.35. The molecule has 0 bridgehead atoms. The van der Waals surface area contributed by atoms with Crippen LogP contribution in [-0.4, -0.2) is 76.1 Å². The van der Waals surface area contributed by atoms with Gasteiger partial charge in [-0.25, -0.2) is 0 Å². The van der Waals surface area contributed by atoms with Gasteiger partial charge in [-0.3, -0.25) is 4.99 Å². The van der Waals surface area contributed by atoms with Crippen molar-refractivity contribution < 1.29 is 9.47 Å². The smallest absolute Gasteiger partial charge is 0.194 e. The largest absolute Gasteiger partial charge is 0.381 e. The molecule has 0 aromatic heterocycles. The van der Waals surface area contributed by atoms with Gasteiger partial charge in [0.1, 0.15) is 0 Å². The van der Waals surface area contributed by atoms with E-state index in [1.165, 1.54) is 11.3 Å². The number of piperazine rings is 1. The molecule has 0 unspecified atom stereocenters. The molecule has 1 aromatic rings. The minimum atomic E-state index is -0.196. The quantitative estimate of drug-likeness (QED) is 0.354. The van der Waals surface area contributed by atoms with Gasteiger partial charge in [0.05, 0.1) is 12.1 Å². The lowest BCUT2D eigenvalue weighted by atomic mass is 9.94. The minimum absolute atomic E-state index is 0. The molecule has 0 atom stereocenters. The number of halogens is 2. The number of hydrogen-bond acceptors (Lipinski definition) is 4. The molecule has 29 heavy (non-hydrogen) atoms. The fourth-order valence-electron chi connectivity index (χ4n) is 3.90. The molecule has 2 aliphatic heterocycles. The molecule has 3 rings (SSSR count). The number of benzene rings is 1. The molecule has 1 N–H and O–H groups in total. The van der Waals surface area contributed by atoms with Crippen LogP contribution in [0.1, 0.15) is 25.3 Å². The zero-order valence-corrected chi connectivity index (χ0v) is 20.8. The first-order chi connectivity index (χ1) is 13.6. The van der Waals surface area contributed by atoms with E-state index >= 15 is 0 Å². The molecular formula is C21H34ClIN4O2. The molecule has 2 fully saturated rings. The highest BCUT2D eigenvalue weighted by molar-refractivity contribution is 14.0. The Hall–Kier alpha value is -0.770. The molecular weight excluding hydrogens is 503 g/mol. The molecule has 2 heterocycles. The zero-order valence-electron chi connectivity index (χ0n) is 17.7. The second-order valence-corrected chi connectivity index (χ2v) is 8.01. The third-order valence-electron chi connectivity index (χ3n) is 5.78. The predicted octanol–water partition coefficient (Wildman–Crippen LogP) is 3.55. The van der Waals surface area contributed by atoms with E-state index in [0.717, 1.165) is 69.8 Å². The number of rotatable bonds is 5. The first-order valence-electron chi connectivity index (χ1n) is 10.2. The molecule has 2 saturated heterocycles. The van der Waals surface area contributed by atoms with Gasteiger partial charge in [-0.15, -0.1) is 24.0 Å². The first kappa shape index (κ1) is 24.5. The van der Waals surface area contributed by atoms with Crippen LogP contribution in [0.3, 0.4) is 0 Å².